The number of amides is 1. The van der Waals surface area contributed by atoms with Crippen LogP contribution in [0.15, 0.2) is 30.5 Å². The summed E-state index contributed by atoms with van der Waals surface area (Å²) in [7, 11) is 0. The molecule has 1 aliphatic rings. The summed E-state index contributed by atoms with van der Waals surface area (Å²) in [4.78, 5) is 18.6. The van der Waals surface area contributed by atoms with Crippen LogP contribution in [0, 0.1) is 12.7 Å². The molecule has 1 saturated heterocycles. The number of halogens is 1. The molecule has 1 fully saturated rings. The van der Waals surface area contributed by atoms with Crippen molar-refractivity contribution >= 4 is 22.2 Å². The molecular formula is C18H18FN3O2S. The van der Waals surface area contributed by atoms with Gasteiger partial charge in [-0.05, 0) is 44.0 Å². The number of ether oxygens (including phenoxy) is 1. The summed E-state index contributed by atoms with van der Waals surface area (Å²) in [5.41, 5.74) is 2.74. The second-order valence-electron chi connectivity index (χ2n) is 6.12. The summed E-state index contributed by atoms with van der Waals surface area (Å²) in [5.74, 6) is -0.305. The highest BCUT2D eigenvalue weighted by molar-refractivity contribution is 7.17. The zero-order valence-corrected chi connectivity index (χ0v) is 14.6. The van der Waals surface area contributed by atoms with Gasteiger partial charge in [-0.1, -0.05) is 11.3 Å². The van der Waals surface area contributed by atoms with Crippen LogP contribution in [0.5, 0.6) is 0 Å². The van der Waals surface area contributed by atoms with E-state index in [1.54, 1.807) is 23.5 Å². The van der Waals surface area contributed by atoms with Crippen LogP contribution in [-0.4, -0.2) is 28.0 Å². The molecule has 2 aromatic heterocycles. The molecule has 0 radical (unpaired) electrons. The number of aromatic nitrogens is 2. The number of rotatable bonds is 4. The first-order valence-corrected chi connectivity index (χ1v) is 9.06. The molecule has 1 aromatic carbocycles. The molecule has 1 N–H and O–H groups in total. The SMILES string of the molecule is Cc1c(CNC(=O)[C@H]2CCCO2)sc2nc(-c3ccc(F)cc3)cn12. The number of hydrogen-bond donors (Lipinski definition) is 1. The van der Waals surface area contributed by atoms with E-state index in [0.717, 1.165) is 39.6 Å². The quantitative estimate of drug-likeness (QED) is 0.778. The number of thiazole rings is 1. The summed E-state index contributed by atoms with van der Waals surface area (Å²) in [6.45, 7) is 3.15. The van der Waals surface area contributed by atoms with Crippen molar-refractivity contribution in [1.29, 1.82) is 0 Å². The van der Waals surface area contributed by atoms with Gasteiger partial charge in [-0.2, -0.15) is 0 Å². The summed E-state index contributed by atoms with van der Waals surface area (Å²) in [6, 6.07) is 6.31. The minimum Gasteiger partial charge on any atom is -0.368 e. The molecule has 3 aromatic rings. The first-order valence-electron chi connectivity index (χ1n) is 8.24. The molecule has 4 rings (SSSR count). The van der Waals surface area contributed by atoms with Gasteiger partial charge < -0.3 is 10.1 Å². The minimum absolute atomic E-state index is 0.0464. The summed E-state index contributed by atoms with van der Waals surface area (Å²) < 4.78 is 20.5. The average Bonchev–Trinajstić information content (AvgIpc) is 3.32. The monoisotopic (exact) mass is 359 g/mol. The molecular weight excluding hydrogens is 341 g/mol. The van der Waals surface area contributed by atoms with Gasteiger partial charge in [0.15, 0.2) is 4.96 Å². The molecule has 1 atom stereocenters. The highest BCUT2D eigenvalue weighted by Crippen LogP contribution is 2.27. The molecule has 0 aliphatic carbocycles. The Balaban J connectivity index is 1.51. The number of benzene rings is 1. The number of nitrogens with one attached hydrogen (secondary N) is 1. The Morgan fingerprint density at radius 1 is 1.44 bits per heavy atom. The van der Waals surface area contributed by atoms with E-state index in [0.29, 0.717) is 13.2 Å². The van der Waals surface area contributed by atoms with E-state index < -0.39 is 0 Å². The summed E-state index contributed by atoms with van der Waals surface area (Å²) in [5, 5.41) is 2.95. The van der Waals surface area contributed by atoms with Gasteiger partial charge in [0.1, 0.15) is 11.9 Å². The third kappa shape index (κ3) is 3.17. The largest absolute Gasteiger partial charge is 0.368 e. The van der Waals surface area contributed by atoms with Gasteiger partial charge in [0.2, 0.25) is 5.91 Å². The second-order valence-corrected chi connectivity index (χ2v) is 7.18. The third-order valence-electron chi connectivity index (χ3n) is 4.44. The molecule has 7 heteroatoms. The molecule has 3 heterocycles. The lowest BCUT2D eigenvalue weighted by Gasteiger charge is -2.09. The van der Waals surface area contributed by atoms with Crippen molar-refractivity contribution < 1.29 is 13.9 Å². The molecule has 0 saturated carbocycles. The predicted molar refractivity (Wildman–Crippen MR) is 94.0 cm³/mol. The zero-order valence-electron chi connectivity index (χ0n) is 13.8. The number of carbonyl (C=O) groups excluding carboxylic acids is 1. The van der Waals surface area contributed by atoms with Crippen LogP contribution in [0.3, 0.4) is 0 Å². The number of nitrogens with zero attached hydrogens (tertiary/aromatic N) is 2. The molecule has 0 bridgehead atoms. The Morgan fingerprint density at radius 2 is 2.24 bits per heavy atom. The second kappa shape index (κ2) is 6.57. The maximum absolute atomic E-state index is 13.1. The lowest BCUT2D eigenvalue weighted by Crippen LogP contribution is -2.33. The lowest BCUT2D eigenvalue weighted by molar-refractivity contribution is -0.130. The number of imidazole rings is 1. The number of fused-ring (bicyclic) bond motifs is 1. The predicted octanol–water partition coefficient (Wildman–Crippen LogP) is 3.31. The fourth-order valence-electron chi connectivity index (χ4n) is 2.98. The fraction of sp³-hybridized carbons (Fsp3) is 0.333. The van der Waals surface area contributed by atoms with E-state index in [1.807, 2.05) is 17.5 Å². The van der Waals surface area contributed by atoms with E-state index in [-0.39, 0.29) is 17.8 Å². The molecule has 1 aliphatic heterocycles. The molecule has 1 amide bonds. The van der Waals surface area contributed by atoms with Crippen molar-refractivity contribution in [3.63, 3.8) is 0 Å². The van der Waals surface area contributed by atoms with Crippen molar-refractivity contribution in [3.8, 4) is 11.3 Å². The van der Waals surface area contributed by atoms with Crippen LogP contribution in [0.4, 0.5) is 4.39 Å². The van der Waals surface area contributed by atoms with Gasteiger partial charge in [0.05, 0.1) is 12.2 Å². The van der Waals surface area contributed by atoms with E-state index in [9.17, 15) is 9.18 Å². The Hall–Kier alpha value is -2.25. The van der Waals surface area contributed by atoms with E-state index in [2.05, 4.69) is 10.3 Å². The average molecular weight is 359 g/mol. The maximum atomic E-state index is 13.1. The van der Waals surface area contributed by atoms with Gasteiger partial charge in [-0.3, -0.25) is 9.20 Å². The topological polar surface area (TPSA) is 55.6 Å². The van der Waals surface area contributed by atoms with Gasteiger partial charge in [-0.15, -0.1) is 0 Å². The van der Waals surface area contributed by atoms with Crippen LogP contribution >= 0.6 is 11.3 Å². The van der Waals surface area contributed by atoms with Crippen LogP contribution in [-0.2, 0) is 16.1 Å². The van der Waals surface area contributed by atoms with E-state index in [1.165, 1.54) is 12.1 Å². The van der Waals surface area contributed by atoms with Crippen molar-refractivity contribution in [3.05, 3.63) is 46.9 Å². The number of carbonyl (C=O) groups is 1. The van der Waals surface area contributed by atoms with Crippen molar-refractivity contribution in [2.75, 3.05) is 6.61 Å². The first-order chi connectivity index (χ1) is 12.1. The van der Waals surface area contributed by atoms with Crippen LogP contribution in [0.25, 0.3) is 16.2 Å². The maximum Gasteiger partial charge on any atom is 0.249 e. The Morgan fingerprint density at radius 3 is 2.92 bits per heavy atom. The Bertz CT molecular complexity index is 910. The van der Waals surface area contributed by atoms with Crippen molar-refractivity contribution in [2.45, 2.75) is 32.4 Å². The summed E-state index contributed by atoms with van der Waals surface area (Å²) >= 11 is 1.55. The van der Waals surface area contributed by atoms with Crippen LogP contribution < -0.4 is 5.32 Å². The molecule has 0 spiro atoms. The highest BCUT2D eigenvalue weighted by atomic mass is 32.1. The van der Waals surface area contributed by atoms with Gasteiger partial charge in [-0.25, -0.2) is 9.37 Å². The standard InChI is InChI=1S/C18H18FN3O2S/c1-11-16(9-20-17(23)15-3-2-8-24-15)25-18-21-14(10-22(11)18)12-4-6-13(19)7-5-12/h4-7,10,15H,2-3,8-9H2,1H3,(H,20,23)/t15-/m1/s1. The minimum atomic E-state index is -0.311. The lowest BCUT2D eigenvalue weighted by atomic mass is 10.2. The highest BCUT2D eigenvalue weighted by Gasteiger charge is 2.23. The van der Waals surface area contributed by atoms with Crippen LogP contribution in [0.2, 0.25) is 0 Å². The van der Waals surface area contributed by atoms with E-state index in [4.69, 9.17) is 4.74 Å². The van der Waals surface area contributed by atoms with Gasteiger partial charge in [0.25, 0.3) is 0 Å². The van der Waals surface area contributed by atoms with Crippen molar-refractivity contribution in [2.24, 2.45) is 0 Å². The number of hydrogen-bond acceptors (Lipinski definition) is 4. The van der Waals surface area contributed by atoms with E-state index >= 15 is 0 Å². The Labute approximate surface area is 148 Å². The zero-order chi connectivity index (χ0) is 17.4. The fourth-order valence-corrected chi connectivity index (χ4v) is 4.03. The normalized spacial score (nSPS) is 17.3. The molecule has 130 valence electrons. The molecule has 25 heavy (non-hydrogen) atoms. The van der Waals surface area contributed by atoms with Gasteiger partial charge >= 0.3 is 0 Å². The van der Waals surface area contributed by atoms with Crippen LogP contribution in [0.1, 0.15) is 23.4 Å². The number of aryl methyl sites for hydroxylation is 1. The molecule has 0 unspecified atom stereocenters. The van der Waals surface area contributed by atoms with Crippen molar-refractivity contribution in [1.82, 2.24) is 14.7 Å². The van der Waals surface area contributed by atoms with Gasteiger partial charge in [0, 0.05) is 28.9 Å². The third-order valence-corrected chi connectivity index (χ3v) is 5.59. The first kappa shape index (κ1) is 16.2. The molecule has 5 nitrogen and oxygen atoms in total. The smallest absolute Gasteiger partial charge is 0.249 e. The summed E-state index contributed by atoms with van der Waals surface area (Å²) in [6.07, 6.45) is 3.37. The Kier molecular flexibility index (Phi) is 4.27.